The monoisotopic (exact) mass is 368 g/mol. The van der Waals surface area contributed by atoms with Crippen LogP contribution in [0.2, 0.25) is 0 Å². The van der Waals surface area contributed by atoms with Crippen molar-refractivity contribution >= 4 is 21.9 Å². The van der Waals surface area contributed by atoms with E-state index in [9.17, 15) is 28.2 Å². The number of aliphatic carboxylic acids is 1. The largest absolute Gasteiger partial charge is 0.478 e. The van der Waals surface area contributed by atoms with Crippen LogP contribution in [0, 0.1) is 0 Å². The molecule has 6 N–H and O–H groups in total. The molecule has 0 saturated carbocycles. The van der Waals surface area contributed by atoms with Gasteiger partial charge in [0, 0.05) is 6.92 Å². The van der Waals surface area contributed by atoms with Gasteiger partial charge in [-0.2, -0.15) is 0 Å². The highest BCUT2D eigenvalue weighted by molar-refractivity contribution is 7.88. The zero-order valence-electron chi connectivity index (χ0n) is 12.9. The highest BCUT2D eigenvalue weighted by atomic mass is 32.2. The van der Waals surface area contributed by atoms with Gasteiger partial charge < -0.3 is 30.5 Å². The summed E-state index contributed by atoms with van der Waals surface area (Å²) in [6.45, 7) is 0.268. The standard InChI is InChI=1S/C12H20N2O9S/c1-5(16)13-9-6(14-24(2,21)22)3-8(12(19)20)23-11(9)10(18)7(17)4-15/h3,6-7,9-11,14-15,17-18H,4H2,1-2H3,(H,13,16)(H,19,20)/t6-,7+,9+,10+,11+/m0/s1. The van der Waals surface area contributed by atoms with Gasteiger partial charge in [0.05, 0.1) is 24.9 Å². The Hall–Kier alpha value is -1.73. The quantitative estimate of drug-likeness (QED) is 0.265. The van der Waals surface area contributed by atoms with E-state index in [-0.39, 0.29) is 0 Å². The molecule has 1 heterocycles. The molecule has 1 amide bonds. The van der Waals surface area contributed by atoms with Crippen molar-refractivity contribution in [1.29, 1.82) is 0 Å². The molecular formula is C12H20N2O9S. The summed E-state index contributed by atoms with van der Waals surface area (Å²) in [6, 6.07) is -2.48. The zero-order valence-corrected chi connectivity index (χ0v) is 13.7. The van der Waals surface area contributed by atoms with Crippen molar-refractivity contribution in [3.63, 3.8) is 0 Å². The number of ether oxygens (including phenoxy) is 1. The third kappa shape index (κ3) is 5.42. The smallest absolute Gasteiger partial charge is 0.370 e. The van der Waals surface area contributed by atoms with E-state index in [2.05, 4.69) is 10.0 Å². The molecule has 0 unspecified atom stereocenters. The van der Waals surface area contributed by atoms with E-state index < -0.39 is 64.7 Å². The lowest BCUT2D eigenvalue weighted by Crippen LogP contribution is -2.63. The van der Waals surface area contributed by atoms with Gasteiger partial charge in [-0.05, 0) is 6.08 Å². The Labute approximate surface area is 138 Å². The summed E-state index contributed by atoms with van der Waals surface area (Å²) in [5.74, 6) is -2.81. The van der Waals surface area contributed by atoms with Gasteiger partial charge in [0.2, 0.25) is 21.7 Å². The summed E-state index contributed by atoms with van der Waals surface area (Å²) < 4.78 is 30.2. The van der Waals surface area contributed by atoms with E-state index in [1.165, 1.54) is 0 Å². The Morgan fingerprint density at radius 3 is 2.38 bits per heavy atom. The Morgan fingerprint density at radius 1 is 1.38 bits per heavy atom. The third-order valence-corrected chi connectivity index (χ3v) is 3.88. The maximum atomic E-state index is 11.5. The van der Waals surface area contributed by atoms with Crippen LogP contribution in [0.1, 0.15) is 6.92 Å². The predicted octanol–water partition coefficient (Wildman–Crippen LogP) is -3.51. The number of rotatable bonds is 7. The lowest BCUT2D eigenvalue weighted by molar-refractivity contribution is -0.146. The first-order chi connectivity index (χ1) is 11.0. The maximum absolute atomic E-state index is 11.5. The number of amides is 1. The highest BCUT2D eigenvalue weighted by Gasteiger charge is 2.44. The van der Waals surface area contributed by atoms with Crippen molar-refractivity contribution in [1.82, 2.24) is 10.0 Å². The van der Waals surface area contributed by atoms with Crippen LogP contribution in [0.3, 0.4) is 0 Å². The molecule has 0 aromatic heterocycles. The molecule has 24 heavy (non-hydrogen) atoms. The zero-order chi connectivity index (χ0) is 18.7. The molecule has 0 aromatic carbocycles. The molecule has 0 aromatic rings. The van der Waals surface area contributed by atoms with Gasteiger partial charge in [-0.3, -0.25) is 4.79 Å². The van der Waals surface area contributed by atoms with E-state index >= 15 is 0 Å². The van der Waals surface area contributed by atoms with Crippen molar-refractivity contribution in [3.05, 3.63) is 11.8 Å². The topological polar surface area (TPSA) is 182 Å². The second-order valence-electron chi connectivity index (χ2n) is 5.30. The summed E-state index contributed by atoms with van der Waals surface area (Å²) in [4.78, 5) is 22.5. The number of carbonyl (C=O) groups excluding carboxylic acids is 1. The molecule has 12 heteroatoms. The molecule has 138 valence electrons. The fourth-order valence-electron chi connectivity index (χ4n) is 2.22. The van der Waals surface area contributed by atoms with Crippen LogP contribution >= 0.6 is 0 Å². The number of carbonyl (C=O) groups is 2. The fourth-order valence-corrected chi connectivity index (χ4v) is 2.93. The number of carboxylic acid groups (broad SMARTS) is 1. The van der Waals surface area contributed by atoms with Crippen LogP contribution in [0.5, 0.6) is 0 Å². The molecule has 0 bridgehead atoms. The second kappa shape index (κ2) is 7.90. The van der Waals surface area contributed by atoms with Crippen LogP contribution < -0.4 is 10.0 Å². The Morgan fingerprint density at radius 2 is 1.96 bits per heavy atom. The average Bonchev–Trinajstić information content (AvgIpc) is 2.44. The first kappa shape index (κ1) is 20.3. The van der Waals surface area contributed by atoms with Crippen molar-refractivity contribution in [2.75, 3.05) is 12.9 Å². The number of carboxylic acids is 1. The minimum Gasteiger partial charge on any atom is -0.478 e. The van der Waals surface area contributed by atoms with E-state index in [0.717, 1.165) is 19.3 Å². The van der Waals surface area contributed by atoms with Crippen molar-refractivity contribution in [2.45, 2.75) is 37.3 Å². The summed E-state index contributed by atoms with van der Waals surface area (Å²) in [7, 11) is -3.80. The Balaban J connectivity index is 3.30. The molecule has 1 aliphatic rings. The molecule has 0 aliphatic carbocycles. The lowest BCUT2D eigenvalue weighted by atomic mass is 9.92. The molecule has 0 radical (unpaired) electrons. The van der Waals surface area contributed by atoms with Crippen molar-refractivity contribution in [2.24, 2.45) is 0 Å². The molecule has 0 saturated heterocycles. The number of nitrogens with one attached hydrogen (secondary N) is 2. The molecule has 0 spiro atoms. The SMILES string of the molecule is CC(=O)N[C@H]1[C@H]([C@H](O)[C@H](O)CO)OC(C(=O)O)=C[C@@H]1NS(C)(=O)=O. The molecule has 0 fully saturated rings. The first-order valence-electron chi connectivity index (χ1n) is 6.79. The number of sulfonamides is 1. The van der Waals surface area contributed by atoms with E-state index in [1.807, 2.05) is 0 Å². The van der Waals surface area contributed by atoms with Crippen molar-refractivity contribution in [3.8, 4) is 0 Å². The van der Waals surface area contributed by atoms with E-state index in [0.29, 0.717) is 0 Å². The van der Waals surface area contributed by atoms with Gasteiger partial charge in [0.25, 0.3) is 0 Å². The van der Waals surface area contributed by atoms with Crippen LogP contribution in [-0.2, 0) is 24.3 Å². The maximum Gasteiger partial charge on any atom is 0.370 e. The minimum atomic E-state index is -3.80. The van der Waals surface area contributed by atoms with Crippen LogP contribution in [-0.4, -0.2) is 84.0 Å². The van der Waals surface area contributed by atoms with Gasteiger partial charge in [-0.25, -0.2) is 17.9 Å². The molecule has 1 aliphatic heterocycles. The normalized spacial score (nSPS) is 26.7. The predicted molar refractivity (Wildman–Crippen MR) is 79.1 cm³/mol. The highest BCUT2D eigenvalue weighted by Crippen LogP contribution is 2.23. The van der Waals surface area contributed by atoms with Crippen molar-refractivity contribution < 1.29 is 43.2 Å². The molecule has 11 nitrogen and oxygen atoms in total. The third-order valence-electron chi connectivity index (χ3n) is 3.18. The lowest BCUT2D eigenvalue weighted by Gasteiger charge is -2.39. The minimum absolute atomic E-state index is 0.605. The van der Waals surface area contributed by atoms with Gasteiger partial charge >= 0.3 is 5.97 Å². The van der Waals surface area contributed by atoms with E-state index in [1.54, 1.807) is 0 Å². The number of hydrogen-bond acceptors (Lipinski definition) is 8. The first-order valence-corrected chi connectivity index (χ1v) is 8.68. The Bertz CT molecular complexity index is 618. The molecule has 1 rings (SSSR count). The molecular weight excluding hydrogens is 348 g/mol. The average molecular weight is 368 g/mol. The van der Waals surface area contributed by atoms with Crippen LogP contribution in [0.25, 0.3) is 0 Å². The summed E-state index contributed by atoms with van der Waals surface area (Å²) in [5.41, 5.74) is 0. The van der Waals surface area contributed by atoms with Gasteiger partial charge in [0.1, 0.15) is 18.3 Å². The number of aliphatic hydroxyl groups is 3. The van der Waals surface area contributed by atoms with Gasteiger partial charge in [0.15, 0.2) is 0 Å². The molecule has 5 atom stereocenters. The number of hydrogen-bond donors (Lipinski definition) is 6. The van der Waals surface area contributed by atoms with E-state index in [4.69, 9.17) is 14.9 Å². The second-order valence-corrected chi connectivity index (χ2v) is 7.08. The fraction of sp³-hybridized carbons (Fsp3) is 0.667. The van der Waals surface area contributed by atoms with Crippen LogP contribution in [0.4, 0.5) is 0 Å². The summed E-state index contributed by atoms with van der Waals surface area (Å²) in [5, 5.41) is 40.0. The number of aliphatic hydroxyl groups excluding tert-OH is 3. The van der Waals surface area contributed by atoms with Gasteiger partial charge in [-0.15, -0.1) is 0 Å². The summed E-state index contributed by atoms with van der Waals surface area (Å²) in [6.07, 6.45) is -3.25. The van der Waals surface area contributed by atoms with Gasteiger partial charge in [-0.1, -0.05) is 0 Å². The Kier molecular flexibility index (Phi) is 6.68. The van der Waals surface area contributed by atoms with Crippen LogP contribution in [0.15, 0.2) is 11.8 Å². The summed E-state index contributed by atoms with van der Waals surface area (Å²) >= 11 is 0.